The molecule has 1 aromatic rings. The molecule has 100 valence electrons. The lowest BCUT2D eigenvalue weighted by molar-refractivity contribution is -0.125. The highest BCUT2D eigenvalue weighted by molar-refractivity contribution is 9.10. The number of halogens is 2. The molecule has 2 rings (SSSR count). The van der Waals surface area contributed by atoms with Crippen LogP contribution in [0.2, 0.25) is 0 Å². The Bertz CT molecular complexity index is 419. The van der Waals surface area contributed by atoms with E-state index < -0.39 is 0 Å². The number of benzene rings is 1. The molecule has 1 aliphatic heterocycles. The molecule has 1 aliphatic rings. The summed E-state index contributed by atoms with van der Waals surface area (Å²) in [5, 5.41) is 6.27. The van der Waals surface area contributed by atoms with Crippen LogP contribution in [0.4, 0.5) is 5.69 Å². The molecule has 1 fully saturated rings. The summed E-state index contributed by atoms with van der Waals surface area (Å²) in [6.07, 6.45) is 2.00. The predicted molar refractivity (Wildman–Crippen MR) is 80.2 cm³/mol. The Morgan fingerprint density at radius 3 is 2.89 bits per heavy atom. The fourth-order valence-electron chi connectivity index (χ4n) is 2.10. The lowest BCUT2D eigenvalue weighted by Gasteiger charge is -2.32. The summed E-state index contributed by atoms with van der Waals surface area (Å²) < 4.78 is 0.974. The van der Waals surface area contributed by atoms with Gasteiger partial charge in [0.2, 0.25) is 5.91 Å². The van der Waals surface area contributed by atoms with Gasteiger partial charge in [0.1, 0.15) is 0 Å². The summed E-state index contributed by atoms with van der Waals surface area (Å²) in [6.45, 7) is 3.79. The van der Waals surface area contributed by atoms with Crippen molar-refractivity contribution < 1.29 is 4.79 Å². The summed E-state index contributed by atoms with van der Waals surface area (Å²) >= 11 is 3.40. The van der Waals surface area contributed by atoms with Gasteiger partial charge in [-0.05, 0) is 44.5 Å². The van der Waals surface area contributed by atoms with E-state index in [-0.39, 0.29) is 23.7 Å². The van der Waals surface area contributed by atoms with E-state index in [0.29, 0.717) is 0 Å². The third kappa shape index (κ3) is 3.70. The molecular weight excluding hydrogens is 316 g/mol. The Hall–Kier alpha value is -0.580. The maximum atomic E-state index is 12.2. The van der Waals surface area contributed by atoms with Gasteiger partial charge in [-0.25, -0.2) is 0 Å². The van der Waals surface area contributed by atoms with Crippen molar-refractivity contribution >= 4 is 39.9 Å². The lowest BCUT2D eigenvalue weighted by Crippen LogP contribution is -2.46. The number of piperidine rings is 1. The Labute approximate surface area is 122 Å². The minimum absolute atomic E-state index is 0. The standard InChI is InChI=1S/C13H17BrN2O.ClH/c1-13(6-3-7-15-9-13)12(17)16-11-5-2-4-10(14)8-11;/h2,4-5,8,15H,3,6-7,9H2,1H3,(H,16,17);1H. The Kier molecular flexibility index (Phi) is 5.63. The molecule has 5 heteroatoms. The van der Waals surface area contributed by atoms with Crippen molar-refractivity contribution in [2.24, 2.45) is 5.41 Å². The second-order valence-electron chi connectivity index (χ2n) is 4.81. The van der Waals surface area contributed by atoms with Gasteiger partial charge in [0.25, 0.3) is 0 Å². The SMILES string of the molecule is CC1(C(=O)Nc2cccc(Br)c2)CCCNC1.Cl. The largest absolute Gasteiger partial charge is 0.326 e. The first kappa shape index (κ1) is 15.5. The van der Waals surface area contributed by atoms with Gasteiger partial charge in [-0.3, -0.25) is 4.79 Å². The van der Waals surface area contributed by atoms with Crippen LogP contribution in [0, 0.1) is 5.41 Å². The van der Waals surface area contributed by atoms with Crippen molar-refractivity contribution in [2.75, 3.05) is 18.4 Å². The van der Waals surface area contributed by atoms with Crippen LogP contribution in [-0.2, 0) is 4.79 Å². The number of amides is 1. The minimum atomic E-state index is -0.291. The van der Waals surface area contributed by atoms with Gasteiger partial charge in [-0.15, -0.1) is 12.4 Å². The van der Waals surface area contributed by atoms with E-state index in [1.165, 1.54) is 0 Å². The van der Waals surface area contributed by atoms with E-state index in [1.807, 2.05) is 31.2 Å². The average molecular weight is 334 g/mol. The fourth-order valence-corrected chi connectivity index (χ4v) is 2.50. The van der Waals surface area contributed by atoms with Crippen molar-refractivity contribution in [1.29, 1.82) is 0 Å². The van der Waals surface area contributed by atoms with E-state index in [2.05, 4.69) is 26.6 Å². The van der Waals surface area contributed by atoms with Crippen molar-refractivity contribution in [1.82, 2.24) is 5.32 Å². The summed E-state index contributed by atoms with van der Waals surface area (Å²) in [4.78, 5) is 12.2. The third-order valence-electron chi connectivity index (χ3n) is 3.23. The minimum Gasteiger partial charge on any atom is -0.326 e. The van der Waals surface area contributed by atoms with Crippen LogP contribution in [0.25, 0.3) is 0 Å². The number of carbonyl (C=O) groups excluding carboxylic acids is 1. The van der Waals surface area contributed by atoms with Gasteiger partial charge < -0.3 is 10.6 Å². The number of nitrogens with one attached hydrogen (secondary N) is 2. The van der Waals surface area contributed by atoms with Crippen LogP contribution in [0.1, 0.15) is 19.8 Å². The topological polar surface area (TPSA) is 41.1 Å². The van der Waals surface area contributed by atoms with Crippen molar-refractivity contribution in [3.05, 3.63) is 28.7 Å². The molecule has 1 unspecified atom stereocenters. The van der Waals surface area contributed by atoms with E-state index >= 15 is 0 Å². The van der Waals surface area contributed by atoms with Crippen LogP contribution < -0.4 is 10.6 Å². The molecule has 0 radical (unpaired) electrons. The number of hydrogen-bond donors (Lipinski definition) is 2. The maximum absolute atomic E-state index is 12.2. The van der Waals surface area contributed by atoms with E-state index in [1.54, 1.807) is 0 Å². The molecule has 2 N–H and O–H groups in total. The van der Waals surface area contributed by atoms with E-state index in [0.717, 1.165) is 36.1 Å². The zero-order chi connectivity index (χ0) is 12.3. The van der Waals surface area contributed by atoms with Crippen molar-refractivity contribution in [3.63, 3.8) is 0 Å². The number of hydrogen-bond acceptors (Lipinski definition) is 2. The maximum Gasteiger partial charge on any atom is 0.231 e. The smallest absolute Gasteiger partial charge is 0.231 e. The van der Waals surface area contributed by atoms with Crippen LogP contribution in [-0.4, -0.2) is 19.0 Å². The fraction of sp³-hybridized carbons (Fsp3) is 0.462. The Morgan fingerprint density at radius 1 is 1.50 bits per heavy atom. The second-order valence-corrected chi connectivity index (χ2v) is 5.72. The van der Waals surface area contributed by atoms with Gasteiger partial charge in [0.15, 0.2) is 0 Å². The molecule has 0 bridgehead atoms. The predicted octanol–water partition coefficient (Wildman–Crippen LogP) is 3.20. The first-order valence-electron chi connectivity index (χ1n) is 5.88. The highest BCUT2D eigenvalue weighted by atomic mass is 79.9. The molecule has 0 saturated carbocycles. The molecule has 0 aliphatic carbocycles. The second kappa shape index (κ2) is 6.55. The van der Waals surface area contributed by atoms with Gasteiger partial charge in [-0.2, -0.15) is 0 Å². The molecule has 1 heterocycles. The molecule has 1 atom stereocenters. The highest BCUT2D eigenvalue weighted by Crippen LogP contribution is 2.27. The monoisotopic (exact) mass is 332 g/mol. The molecule has 1 saturated heterocycles. The third-order valence-corrected chi connectivity index (χ3v) is 3.72. The molecule has 1 amide bonds. The van der Waals surface area contributed by atoms with Crippen molar-refractivity contribution in [3.8, 4) is 0 Å². The van der Waals surface area contributed by atoms with E-state index in [4.69, 9.17) is 0 Å². The van der Waals surface area contributed by atoms with Gasteiger partial charge in [0, 0.05) is 16.7 Å². The number of rotatable bonds is 2. The molecule has 0 spiro atoms. The Balaban J connectivity index is 0.00000162. The Morgan fingerprint density at radius 2 is 2.28 bits per heavy atom. The first-order valence-corrected chi connectivity index (χ1v) is 6.67. The average Bonchev–Trinajstić information content (AvgIpc) is 2.30. The summed E-state index contributed by atoms with van der Waals surface area (Å²) in [6, 6.07) is 7.68. The molecule has 3 nitrogen and oxygen atoms in total. The normalized spacial score (nSPS) is 23.0. The van der Waals surface area contributed by atoms with Crippen LogP contribution in [0.15, 0.2) is 28.7 Å². The van der Waals surface area contributed by atoms with Gasteiger partial charge in [0.05, 0.1) is 5.41 Å². The van der Waals surface area contributed by atoms with Crippen LogP contribution in [0.5, 0.6) is 0 Å². The van der Waals surface area contributed by atoms with Crippen molar-refractivity contribution in [2.45, 2.75) is 19.8 Å². The summed E-state index contributed by atoms with van der Waals surface area (Å²) in [5.74, 6) is 0.0998. The molecular formula is C13H18BrClN2O. The zero-order valence-corrected chi connectivity index (χ0v) is 12.7. The van der Waals surface area contributed by atoms with Crippen LogP contribution in [0.3, 0.4) is 0 Å². The van der Waals surface area contributed by atoms with E-state index in [9.17, 15) is 4.79 Å². The molecule has 0 aromatic heterocycles. The highest BCUT2D eigenvalue weighted by Gasteiger charge is 2.34. The number of anilines is 1. The zero-order valence-electron chi connectivity index (χ0n) is 10.3. The summed E-state index contributed by atoms with van der Waals surface area (Å²) in [7, 11) is 0. The summed E-state index contributed by atoms with van der Waals surface area (Å²) in [5.41, 5.74) is 0.553. The molecule has 18 heavy (non-hydrogen) atoms. The first-order chi connectivity index (χ1) is 8.10. The van der Waals surface area contributed by atoms with Gasteiger partial charge >= 0.3 is 0 Å². The quantitative estimate of drug-likeness (QED) is 0.872. The molecule has 1 aromatic carbocycles. The van der Waals surface area contributed by atoms with Gasteiger partial charge in [-0.1, -0.05) is 22.0 Å². The lowest BCUT2D eigenvalue weighted by atomic mass is 9.82. The van der Waals surface area contributed by atoms with Crippen LogP contribution >= 0.6 is 28.3 Å². The number of carbonyl (C=O) groups is 1.